The Bertz CT molecular complexity index is 311. The van der Waals surface area contributed by atoms with Crippen molar-refractivity contribution in [3.05, 3.63) is 33.2 Å². The Morgan fingerprint density at radius 2 is 1.91 bits per heavy atom. The number of nitrogens with zero attached hydrogens (tertiary/aromatic N) is 1. The van der Waals surface area contributed by atoms with E-state index in [1.165, 1.54) is 0 Å². The van der Waals surface area contributed by atoms with Crippen LogP contribution in [0.3, 0.4) is 0 Å². The van der Waals surface area contributed by atoms with Crippen molar-refractivity contribution in [2.24, 2.45) is 0 Å². The van der Waals surface area contributed by atoms with E-state index in [9.17, 15) is 4.79 Å². The van der Waals surface area contributed by atoms with Crippen molar-refractivity contribution in [2.45, 2.75) is 20.8 Å². The van der Waals surface area contributed by atoms with Crippen LogP contribution in [0.1, 0.15) is 16.8 Å². The van der Waals surface area contributed by atoms with Crippen LogP contribution in [0.15, 0.2) is 10.9 Å². The van der Waals surface area contributed by atoms with Gasteiger partial charge < -0.3 is 0 Å². The molecular formula is C8H10NOTa. The van der Waals surface area contributed by atoms with Crippen molar-refractivity contribution in [1.82, 2.24) is 2.97 Å². The van der Waals surface area contributed by atoms with Crippen molar-refractivity contribution in [1.29, 1.82) is 0 Å². The monoisotopic (exact) mass is 317 g/mol. The third-order valence-corrected chi connectivity index (χ3v) is 3.65. The van der Waals surface area contributed by atoms with Gasteiger partial charge in [-0.3, -0.25) is 0 Å². The van der Waals surface area contributed by atoms with Crippen molar-refractivity contribution in [3.63, 3.8) is 0 Å². The first-order valence-electron chi connectivity index (χ1n) is 3.43. The summed E-state index contributed by atoms with van der Waals surface area (Å²) in [6, 6.07) is 2.05. The topological polar surface area (TPSA) is 22.0 Å². The van der Waals surface area contributed by atoms with Crippen LogP contribution in [0, 0.1) is 20.8 Å². The quantitative estimate of drug-likeness (QED) is 0.702. The number of hydrogen-bond donors (Lipinski definition) is 0. The summed E-state index contributed by atoms with van der Waals surface area (Å²) in [4.78, 5) is 11.4. The van der Waals surface area contributed by atoms with Gasteiger partial charge in [0.25, 0.3) is 0 Å². The van der Waals surface area contributed by atoms with Gasteiger partial charge in [0.2, 0.25) is 0 Å². The summed E-state index contributed by atoms with van der Waals surface area (Å²) in [6.45, 7) is 5.82. The van der Waals surface area contributed by atoms with Crippen LogP contribution in [-0.4, -0.2) is 2.97 Å². The van der Waals surface area contributed by atoms with Gasteiger partial charge in [-0.2, -0.15) is 0 Å². The summed E-state index contributed by atoms with van der Waals surface area (Å²) >= 11 is 0.982. The molecule has 0 aliphatic carbocycles. The SMILES string of the molecule is Cc1cc(C)[n]([Ta])c(=O)c1C. The zero-order valence-corrected chi connectivity index (χ0v) is 10.1. The molecule has 0 atom stereocenters. The molecule has 0 aliphatic heterocycles. The molecule has 0 radical (unpaired) electrons. The molecule has 0 bridgehead atoms. The summed E-state index contributed by atoms with van der Waals surface area (Å²) in [5, 5.41) is 0. The second-order valence-electron chi connectivity index (χ2n) is 2.71. The van der Waals surface area contributed by atoms with E-state index in [1.807, 2.05) is 20.8 Å². The molecule has 0 saturated heterocycles. The summed E-state index contributed by atoms with van der Waals surface area (Å²) in [5.74, 6) is 0. The van der Waals surface area contributed by atoms with E-state index >= 15 is 0 Å². The summed E-state index contributed by atoms with van der Waals surface area (Å²) in [5.41, 5.74) is 3.19. The van der Waals surface area contributed by atoms with Crippen LogP contribution in [0.4, 0.5) is 0 Å². The third-order valence-electron chi connectivity index (χ3n) is 1.86. The van der Waals surface area contributed by atoms with Crippen LogP contribution in [0.25, 0.3) is 0 Å². The van der Waals surface area contributed by atoms with Crippen LogP contribution < -0.4 is 5.56 Å². The van der Waals surface area contributed by atoms with Gasteiger partial charge in [0.1, 0.15) is 0 Å². The van der Waals surface area contributed by atoms with Gasteiger partial charge in [0.15, 0.2) is 0 Å². The summed E-state index contributed by atoms with van der Waals surface area (Å²) in [6.07, 6.45) is 0. The molecule has 0 aromatic carbocycles. The molecule has 11 heavy (non-hydrogen) atoms. The fourth-order valence-corrected chi connectivity index (χ4v) is 1.72. The summed E-state index contributed by atoms with van der Waals surface area (Å²) < 4.78 is 1.78. The minimum absolute atomic E-state index is 0.163. The molecule has 0 saturated carbocycles. The molecule has 0 aliphatic rings. The Balaban J connectivity index is 3.59. The number of rotatable bonds is 0. The number of pyridine rings is 1. The van der Waals surface area contributed by atoms with E-state index in [4.69, 9.17) is 0 Å². The maximum atomic E-state index is 11.4. The Morgan fingerprint density at radius 3 is 2.45 bits per heavy atom. The maximum absolute atomic E-state index is 11.4. The standard InChI is InChI=1S/C8H11NO.Ta/c1-5-4-6(2)9-8(10)7(5)3;/h4H,1-3H3,(H,9,10);/q;+1/p-1. The molecule has 2 nitrogen and oxygen atoms in total. The summed E-state index contributed by atoms with van der Waals surface area (Å²) in [7, 11) is 0. The van der Waals surface area contributed by atoms with E-state index in [2.05, 4.69) is 6.07 Å². The Morgan fingerprint density at radius 1 is 1.36 bits per heavy atom. The fourth-order valence-electron chi connectivity index (χ4n) is 0.970. The van der Waals surface area contributed by atoms with Gasteiger partial charge in [-0.25, -0.2) is 0 Å². The number of aromatic nitrogens is 1. The zero-order valence-electron chi connectivity index (χ0n) is 6.88. The van der Waals surface area contributed by atoms with Gasteiger partial charge in [-0.05, 0) is 0 Å². The predicted octanol–water partition coefficient (Wildman–Crippen LogP) is 1.08. The molecule has 58 valence electrons. The van der Waals surface area contributed by atoms with Gasteiger partial charge in [0.05, 0.1) is 0 Å². The average Bonchev–Trinajstić information content (AvgIpc) is 1.97. The van der Waals surface area contributed by atoms with E-state index in [0.717, 1.165) is 38.1 Å². The van der Waals surface area contributed by atoms with Crippen molar-refractivity contribution < 1.29 is 21.3 Å². The van der Waals surface area contributed by atoms with Crippen LogP contribution >= 0.6 is 0 Å². The van der Waals surface area contributed by atoms with Crippen LogP contribution in [-0.2, 0) is 21.3 Å². The van der Waals surface area contributed by atoms with Crippen molar-refractivity contribution in [3.8, 4) is 0 Å². The van der Waals surface area contributed by atoms with Gasteiger partial charge in [0, 0.05) is 0 Å². The molecule has 1 heterocycles. The first-order valence-corrected chi connectivity index (χ1v) is 4.87. The van der Waals surface area contributed by atoms with Crippen molar-refractivity contribution >= 4 is 0 Å². The molecule has 1 aromatic heterocycles. The average molecular weight is 317 g/mol. The van der Waals surface area contributed by atoms with Gasteiger partial charge in [-0.15, -0.1) is 0 Å². The Kier molecular flexibility index (Phi) is 2.37. The molecule has 0 N–H and O–H groups in total. The molecule has 0 spiro atoms. The van der Waals surface area contributed by atoms with Crippen LogP contribution in [0.5, 0.6) is 0 Å². The van der Waals surface area contributed by atoms with Crippen molar-refractivity contribution in [2.75, 3.05) is 0 Å². The second-order valence-corrected chi connectivity index (χ2v) is 4.15. The molecule has 0 unspecified atom stereocenters. The minimum atomic E-state index is 0.163. The number of aryl methyl sites for hydroxylation is 2. The zero-order chi connectivity index (χ0) is 8.59. The van der Waals surface area contributed by atoms with Crippen LogP contribution in [0.2, 0.25) is 0 Å². The van der Waals surface area contributed by atoms with E-state index < -0.39 is 0 Å². The third kappa shape index (κ3) is 1.48. The molecule has 3 heteroatoms. The molecule has 0 fully saturated rings. The second kappa shape index (κ2) is 2.97. The molecule has 0 amide bonds. The molecular weight excluding hydrogens is 307 g/mol. The first kappa shape index (κ1) is 8.78. The Hall–Kier alpha value is -0.310. The van der Waals surface area contributed by atoms with E-state index in [0.29, 0.717) is 0 Å². The van der Waals surface area contributed by atoms with Gasteiger partial charge in [-0.1, -0.05) is 0 Å². The molecule has 1 aromatic rings. The van der Waals surface area contributed by atoms with E-state index in [-0.39, 0.29) is 5.56 Å². The van der Waals surface area contributed by atoms with E-state index in [1.54, 1.807) is 2.97 Å². The number of hydrogen-bond acceptors (Lipinski definition) is 1. The predicted molar refractivity (Wildman–Crippen MR) is 40.3 cm³/mol. The normalized spacial score (nSPS) is 10.1. The Labute approximate surface area is 78.5 Å². The van der Waals surface area contributed by atoms with Gasteiger partial charge >= 0.3 is 78.3 Å². The molecule has 1 rings (SSSR count). The first-order chi connectivity index (χ1) is 5.04. The fraction of sp³-hybridized carbons (Fsp3) is 0.375.